The lowest BCUT2D eigenvalue weighted by molar-refractivity contribution is -0.294. The molecule has 26 heavy (non-hydrogen) atoms. The fourth-order valence-electron chi connectivity index (χ4n) is 2.37. The molecule has 8 N–H and O–H groups in total. The van der Waals surface area contributed by atoms with E-state index in [-0.39, 0.29) is 0 Å². The normalized spacial score (nSPS) is 31.8. The van der Waals surface area contributed by atoms with Gasteiger partial charge < -0.3 is 40.7 Å². The monoisotopic (exact) mass is 405 g/mol. The summed E-state index contributed by atoms with van der Waals surface area (Å²) in [6.07, 6.45) is -9.16. The number of rotatable bonds is 8. The van der Waals surface area contributed by atoms with Gasteiger partial charge in [0.2, 0.25) is 5.91 Å². The van der Waals surface area contributed by atoms with E-state index in [1.165, 1.54) is 0 Å². The highest BCUT2D eigenvalue weighted by molar-refractivity contribution is 7.80. The van der Waals surface area contributed by atoms with Crippen LogP contribution in [0.2, 0.25) is 0 Å². The maximum absolute atomic E-state index is 11.4. The Morgan fingerprint density at radius 1 is 1.35 bits per heavy atom. The smallest absolute Gasteiger partial charge is 0.397 e. The van der Waals surface area contributed by atoms with E-state index in [9.17, 15) is 33.3 Å². The van der Waals surface area contributed by atoms with Crippen molar-refractivity contribution >= 4 is 22.3 Å². The molecule has 0 spiro atoms. The fourth-order valence-corrected chi connectivity index (χ4v) is 2.86. The predicted molar refractivity (Wildman–Crippen MR) is 76.6 cm³/mol. The fraction of sp³-hybridized carbons (Fsp3) is 0.818. The Kier molecular flexibility index (Phi) is 7.40. The van der Waals surface area contributed by atoms with E-state index in [0.29, 0.717) is 0 Å². The van der Waals surface area contributed by atoms with Crippen LogP contribution < -0.4 is 5.32 Å². The van der Waals surface area contributed by atoms with E-state index in [0.717, 1.165) is 0 Å². The first-order valence-electron chi connectivity index (χ1n) is 7.01. The third-order valence-corrected chi connectivity index (χ3v) is 4.02. The molecule has 1 heterocycles. The van der Waals surface area contributed by atoms with Gasteiger partial charge in [-0.25, -0.2) is 8.98 Å². The van der Waals surface area contributed by atoms with E-state index < -0.39 is 78.2 Å². The topological polar surface area (TPSA) is 240 Å². The predicted octanol–water partition coefficient (Wildman–Crippen LogP) is -5.07. The number of carboxylic acid groups (broad SMARTS) is 1. The van der Waals surface area contributed by atoms with Crippen molar-refractivity contribution in [2.24, 2.45) is 0 Å². The summed E-state index contributed by atoms with van der Waals surface area (Å²) < 4.78 is 39.0. The zero-order chi connectivity index (χ0) is 20.3. The van der Waals surface area contributed by atoms with Crippen LogP contribution in [0, 0.1) is 0 Å². The quantitative estimate of drug-likeness (QED) is 0.176. The zero-order valence-corrected chi connectivity index (χ0v) is 13.8. The van der Waals surface area contributed by atoms with Crippen LogP contribution in [0.4, 0.5) is 0 Å². The molecule has 1 aliphatic rings. The van der Waals surface area contributed by atoms with E-state index in [1.54, 1.807) is 0 Å². The molecule has 1 fully saturated rings. The second kappa shape index (κ2) is 8.51. The number of hydrogen-bond donors (Lipinski definition) is 8. The van der Waals surface area contributed by atoms with Crippen molar-refractivity contribution in [2.45, 2.75) is 42.7 Å². The number of hydrogen-bond acceptors (Lipinski definition) is 11. The van der Waals surface area contributed by atoms with Gasteiger partial charge in [0, 0.05) is 6.42 Å². The minimum Gasteiger partial charge on any atom is -0.477 e. The molecule has 0 aromatic carbocycles. The average Bonchev–Trinajstić information content (AvgIpc) is 2.53. The van der Waals surface area contributed by atoms with Crippen molar-refractivity contribution in [3.8, 4) is 0 Å². The molecule has 0 aromatic heterocycles. The highest BCUT2D eigenvalue weighted by Crippen LogP contribution is 2.31. The van der Waals surface area contributed by atoms with Gasteiger partial charge in [-0.15, -0.1) is 0 Å². The minimum absolute atomic E-state index is 0.953. The average molecular weight is 405 g/mol. The Morgan fingerprint density at radius 2 is 1.92 bits per heavy atom. The first-order chi connectivity index (χ1) is 11.8. The summed E-state index contributed by atoms with van der Waals surface area (Å²) in [5.74, 6) is -6.06. The second-order valence-electron chi connectivity index (χ2n) is 5.43. The van der Waals surface area contributed by atoms with Crippen LogP contribution in [-0.4, -0.2) is 105 Å². The van der Waals surface area contributed by atoms with Crippen LogP contribution in [0.15, 0.2) is 0 Å². The molecule has 0 aliphatic carbocycles. The summed E-state index contributed by atoms with van der Waals surface area (Å²) in [7, 11) is -5.17. The maximum atomic E-state index is 11.4. The van der Waals surface area contributed by atoms with Crippen LogP contribution >= 0.6 is 0 Å². The van der Waals surface area contributed by atoms with E-state index >= 15 is 0 Å². The Morgan fingerprint density at radius 3 is 2.35 bits per heavy atom. The summed E-state index contributed by atoms with van der Waals surface area (Å²) >= 11 is 0. The number of carboxylic acids is 1. The molecular weight excluding hydrogens is 386 g/mol. The molecular formula is C11H19NO13S. The molecule has 0 unspecified atom stereocenters. The van der Waals surface area contributed by atoms with Crippen molar-refractivity contribution in [3.63, 3.8) is 0 Å². The summed E-state index contributed by atoms with van der Waals surface area (Å²) in [6, 6.07) is -1.64. The third-order valence-electron chi connectivity index (χ3n) is 3.53. The highest BCUT2D eigenvalue weighted by Gasteiger charge is 2.54. The molecule has 1 saturated heterocycles. The lowest BCUT2D eigenvalue weighted by Crippen LogP contribution is -2.67. The van der Waals surface area contributed by atoms with Gasteiger partial charge >= 0.3 is 16.4 Å². The van der Waals surface area contributed by atoms with E-state index in [4.69, 9.17) is 24.6 Å². The lowest BCUT2D eigenvalue weighted by Gasteiger charge is -2.44. The van der Waals surface area contributed by atoms with Gasteiger partial charge in [-0.2, -0.15) is 8.42 Å². The van der Waals surface area contributed by atoms with E-state index in [1.807, 2.05) is 5.32 Å². The number of aliphatic carboxylic acids is 1. The molecule has 1 rings (SSSR count). The van der Waals surface area contributed by atoms with Crippen molar-refractivity contribution in [1.82, 2.24) is 5.32 Å². The van der Waals surface area contributed by atoms with Gasteiger partial charge in [-0.05, 0) is 0 Å². The van der Waals surface area contributed by atoms with Crippen LogP contribution in [0.25, 0.3) is 0 Å². The van der Waals surface area contributed by atoms with Gasteiger partial charge in [0.05, 0.1) is 18.8 Å². The Bertz CT molecular complexity index is 624. The largest absolute Gasteiger partial charge is 0.477 e. The molecule has 0 saturated carbocycles. The number of nitrogens with one attached hydrogen (secondary N) is 1. The minimum atomic E-state index is -5.17. The Labute approximate surface area is 146 Å². The first-order valence-corrected chi connectivity index (χ1v) is 8.37. The second-order valence-corrected chi connectivity index (χ2v) is 6.48. The number of carbonyl (C=O) groups excluding carboxylic acids is 1. The van der Waals surface area contributed by atoms with Gasteiger partial charge in [0.15, 0.2) is 0 Å². The van der Waals surface area contributed by atoms with Crippen molar-refractivity contribution in [2.75, 3.05) is 13.2 Å². The molecule has 1 amide bonds. The third kappa shape index (κ3) is 5.53. The van der Waals surface area contributed by atoms with Crippen molar-refractivity contribution in [1.29, 1.82) is 0 Å². The number of aliphatic hydroxyl groups is 5. The SMILES string of the molecule is O=C(CO)N[C@H]1[C@H]([C@H](O)[C@@H](CO)OS(=O)(=O)O)O[C@](O)(C(=O)O)C[C@@H]1O. The first kappa shape index (κ1) is 22.6. The van der Waals surface area contributed by atoms with Crippen LogP contribution in [0.5, 0.6) is 0 Å². The van der Waals surface area contributed by atoms with Gasteiger partial charge in [-0.1, -0.05) is 0 Å². The van der Waals surface area contributed by atoms with Crippen molar-refractivity contribution < 1.29 is 62.1 Å². The molecule has 6 atom stereocenters. The summed E-state index contributed by atoms with van der Waals surface area (Å²) in [6.45, 7) is -2.27. The van der Waals surface area contributed by atoms with Crippen LogP contribution in [0.1, 0.15) is 6.42 Å². The standard InChI is InChI=1S/C11H19NO13S/c13-2-5(25-26(21,22)23)8(17)9-7(12-6(16)3-14)4(15)1-11(20,24-9)10(18)19/h4-5,7-9,13-15,17,20H,1-3H2,(H,12,16)(H,18,19)(H,21,22,23)/t4-,5+,7+,8+,9+,11-/m0/s1. The molecule has 1 aliphatic heterocycles. The highest BCUT2D eigenvalue weighted by atomic mass is 32.3. The van der Waals surface area contributed by atoms with Gasteiger partial charge in [0.25, 0.3) is 5.79 Å². The Hall–Kier alpha value is -1.43. The van der Waals surface area contributed by atoms with Crippen LogP contribution in [-0.2, 0) is 28.9 Å². The molecule has 152 valence electrons. The molecule has 0 radical (unpaired) electrons. The zero-order valence-electron chi connectivity index (χ0n) is 13.0. The summed E-state index contributed by atoms with van der Waals surface area (Å²) in [4.78, 5) is 22.5. The number of amides is 1. The van der Waals surface area contributed by atoms with Crippen molar-refractivity contribution in [3.05, 3.63) is 0 Å². The number of carbonyl (C=O) groups is 2. The summed E-state index contributed by atoms with van der Waals surface area (Å²) in [5, 5.41) is 59.0. The Balaban J connectivity index is 3.21. The number of ether oxygens (including phenoxy) is 1. The van der Waals surface area contributed by atoms with Gasteiger partial charge in [-0.3, -0.25) is 9.35 Å². The molecule has 0 aromatic rings. The summed E-state index contributed by atoms with van der Waals surface area (Å²) in [5.41, 5.74) is 0. The van der Waals surface area contributed by atoms with Gasteiger partial charge in [0.1, 0.15) is 24.9 Å². The lowest BCUT2D eigenvalue weighted by atomic mass is 9.88. The molecule has 14 nitrogen and oxygen atoms in total. The van der Waals surface area contributed by atoms with E-state index in [2.05, 4.69) is 4.18 Å². The van der Waals surface area contributed by atoms with Crippen LogP contribution in [0.3, 0.4) is 0 Å². The number of aliphatic hydroxyl groups excluding tert-OH is 4. The molecule has 0 bridgehead atoms. The molecule has 15 heteroatoms. The maximum Gasteiger partial charge on any atom is 0.397 e.